The number of aryl methyl sites for hydroxylation is 1. The first-order valence-corrected chi connectivity index (χ1v) is 6.08. The molecule has 4 nitrogen and oxygen atoms in total. The van der Waals surface area contributed by atoms with Gasteiger partial charge in [0.05, 0.1) is 16.7 Å². The van der Waals surface area contributed by atoms with E-state index in [4.69, 9.17) is 0 Å². The summed E-state index contributed by atoms with van der Waals surface area (Å²) in [5, 5.41) is 3.26. The highest BCUT2D eigenvalue weighted by molar-refractivity contribution is 7.09. The van der Waals surface area contributed by atoms with Crippen LogP contribution in [-0.2, 0) is 11.3 Å². The van der Waals surface area contributed by atoms with Gasteiger partial charge in [0.15, 0.2) is 0 Å². The van der Waals surface area contributed by atoms with Gasteiger partial charge in [-0.25, -0.2) is 4.98 Å². The van der Waals surface area contributed by atoms with E-state index in [9.17, 15) is 4.79 Å². The van der Waals surface area contributed by atoms with E-state index in [1.54, 1.807) is 30.3 Å². The van der Waals surface area contributed by atoms with Gasteiger partial charge in [-0.05, 0) is 20.8 Å². The third-order valence-electron chi connectivity index (χ3n) is 2.48. The van der Waals surface area contributed by atoms with E-state index < -0.39 is 5.54 Å². The van der Waals surface area contributed by atoms with E-state index in [0.717, 1.165) is 5.69 Å². The molecular formula is C11H19N3OS. The van der Waals surface area contributed by atoms with Crippen LogP contribution in [0.2, 0.25) is 0 Å². The Balaban J connectivity index is 2.61. The van der Waals surface area contributed by atoms with Crippen molar-refractivity contribution in [1.29, 1.82) is 0 Å². The highest BCUT2D eigenvalue weighted by atomic mass is 32.1. The van der Waals surface area contributed by atoms with Crippen LogP contribution in [0.1, 0.15) is 24.4 Å². The molecule has 0 unspecified atom stereocenters. The van der Waals surface area contributed by atoms with Gasteiger partial charge >= 0.3 is 0 Å². The molecule has 0 saturated heterocycles. The summed E-state index contributed by atoms with van der Waals surface area (Å²) < 4.78 is 0. The van der Waals surface area contributed by atoms with Gasteiger partial charge in [-0.1, -0.05) is 0 Å². The van der Waals surface area contributed by atoms with Crippen LogP contribution >= 0.6 is 11.3 Å². The van der Waals surface area contributed by atoms with Crippen molar-refractivity contribution in [1.82, 2.24) is 15.2 Å². The fraction of sp³-hybridized carbons (Fsp3) is 0.636. The molecule has 1 heterocycles. The van der Waals surface area contributed by atoms with Gasteiger partial charge in [-0.2, -0.15) is 0 Å². The summed E-state index contributed by atoms with van der Waals surface area (Å²) in [6.45, 7) is 6.45. The maximum atomic E-state index is 11.9. The molecule has 0 radical (unpaired) electrons. The second kappa shape index (κ2) is 4.93. The Morgan fingerprint density at radius 1 is 1.56 bits per heavy atom. The number of nitrogens with zero attached hydrogens (tertiary/aromatic N) is 2. The predicted octanol–water partition coefficient (Wildman–Crippen LogP) is 1.41. The van der Waals surface area contributed by atoms with E-state index in [2.05, 4.69) is 10.3 Å². The number of thiazole rings is 1. The SMILES string of the molecule is Cc1ncsc1CNC(C)(C)C(=O)N(C)C. The quantitative estimate of drug-likeness (QED) is 0.867. The molecule has 1 aromatic rings. The van der Waals surface area contributed by atoms with Crippen molar-refractivity contribution in [2.75, 3.05) is 14.1 Å². The van der Waals surface area contributed by atoms with Crippen molar-refractivity contribution in [3.05, 3.63) is 16.1 Å². The highest BCUT2D eigenvalue weighted by Crippen LogP contribution is 2.14. The number of likely N-dealkylation sites (N-methyl/N-ethyl adjacent to an activating group) is 1. The lowest BCUT2D eigenvalue weighted by Gasteiger charge is -2.28. The number of nitrogens with one attached hydrogen (secondary N) is 1. The molecule has 1 aromatic heterocycles. The van der Waals surface area contributed by atoms with Crippen molar-refractivity contribution < 1.29 is 4.79 Å². The van der Waals surface area contributed by atoms with E-state index in [-0.39, 0.29) is 5.91 Å². The number of hydrogen-bond donors (Lipinski definition) is 1. The van der Waals surface area contributed by atoms with Crippen LogP contribution in [0.3, 0.4) is 0 Å². The fourth-order valence-corrected chi connectivity index (χ4v) is 2.15. The first-order chi connectivity index (χ1) is 7.34. The lowest BCUT2D eigenvalue weighted by Crippen LogP contribution is -2.51. The molecule has 0 aliphatic carbocycles. The second-order valence-corrected chi connectivity index (χ2v) is 5.48. The molecule has 5 heteroatoms. The van der Waals surface area contributed by atoms with Crippen LogP contribution < -0.4 is 5.32 Å². The third-order valence-corrected chi connectivity index (χ3v) is 3.41. The summed E-state index contributed by atoms with van der Waals surface area (Å²) in [7, 11) is 3.54. The molecule has 16 heavy (non-hydrogen) atoms. The maximum absolute atomic E-state index is 11.9. The zero-order chi connectivity index (χ0) is 12.3. The molecule has 0 spiro atoms. The Labute approximate surface area is 101 Å². The van der Waals surface area contributed by atoms with Gasteiger partial charge in [-0.3, -0.25) is 10.1 Å². The molecule has 1 rings (SSSR count). The fourth-order valence-electron chi connectivity index (χ4n) is 1.43. The minimum absolute atomic E-state index is 0.0784. The average Bonchev–Trinajstić information content (AvgIpc) is 2.60. The molecule has 0 bridgehead atoms. The van der Waals surface area contributed by atoms with Gasteiger partial charge < -0.3 is 4.90 Å². The largest absolute Gasteiger partial charge is 0.347 e. The Hall–Kier alpha value is -0.940. The molecule has 1 N–H and O–H groups in total. The molecule has 0 aliphatic heterocycles. The second-order valence-electron chi connectivity index (χ2n) is 4.54. The smallest absolute Gasteiger partial charge is 0.241 e. The zero-order valence-electron chi connectivity index (χ0n) is 10.5. The normalized spacial score (nSPS) is 11.6. The number of amides is 1. The van der Waals surface area contributed by atoms with Crippen LogP contribution in [0, 0.1) is 6.92 Å². The predicted molar refractivity (Wildman–Crippen MR) is 66.5 cm³/mol. The Bertz CT molecular complexity index is 371. The molecule has 0 aromatic carbocycles. The topological polar surface area (TPSA) is 45.2 Å². The molecule has 0 aliphatic rings. The molecule has 90 valence electrons. The monoisotopic (exact) mass is 241 g/mol. The van der Waals surface area contributed by atoms with E-state index in [0.29, 0.717) is 6.54 Å². The summed E-state index contributed by atoms with van der Waals surface area (Å²) in [4.78, 5) is 18.8. The van der Waals surface area contributed by atoms with Crippen LogP contribution in [-0.4, -0.2) is 35.4 Å². The van der Waals surface area contributed by atoms with Crippen molar-refractivity contribution in [2.24, 2.45) is 0 Å². The first-order valence-electron chi connectivity index (χ1n) is 5.20. The average molecular weight is 241 g/mol. The summed E-state index contributed by atoms with van der Waals surface area (Å²) in [6.07, 6.45) is 0. The van der Waals surface area contributed by atoms with Gasteiger partial charge in [0.2, 0.25) is 5.91 Å². The van der Waals surface area contributed by atoms with Crippen molar-refractivity contribution >= 4 is 17.2 Å². The molecular weight excluding hydrogens is 222 g/mol. The number of aromatic nitrogens is 1. The third kappa shape index (κ3) is 3.02. The van der Waals surface area contributed by atoms with Gasteiger partial charge in [-0.15, -0.1) is 11.3 Å². The molecule has 0 atom stereocenters. The lowest BCUT2D eigenvalue weighted by molar-refractivity contribution is -0.134. The zero-order valence-corrected chi connectivity index (χ0v) is 11.3. The maximum Gasteiger partial charge on any atom is 0.241 e. The van der Waals surface area contributed by atoms with Gasteiger partial charge in [0.1, 0.15) is 0 Å². The minimum atomic E-state index is -0.542. The van der Waals surface area contributed by atoms with Crippen LogP contribution in [0.4, 0.5) is 0 Å². The first kappa shape index (κ1) is 13.1. The van der Waals surface area contributed by atoms with Gasteiger partial charge in [0, 0.05) is 25.5 Å². The van der Waals surface area contributed by atoms with Crippen LogP contribution in [0.15, 0.2) is 5.51 Å². The Kier molecular flexibility index (Phi) is 4.04. The van der Waals surface area contributed by atoms with Crippen LogP contribution in [0.5, 0.6) is 0 Å². The number of hydrogen-bond acceptors (Lipinski definition) is 4. The lowest BCUT2D eigenvalue weighted by atomic mass is 10.0. The summed E-state index contributed by atoms with van der Waals surface area (Å²) in [6, 6.07) is 0. The Morgan fingerprint density at radius 3 is 2.62 bits per heavy atom. The highest BCUT2D eigenvalue weighted by Gasteiger charge is 2.28. The summed E-state index contributed by atoms with van der Waals surface area (Å²) in [5.41, 5.74) is 2.32. The van der Waals surface area contributed by atoms with Crippen molar-refractivity contribution in [3.63, 3.8) is 0 Å². The number of carbonyl (C=O) groups is 1. The van der Waals surface area contributed by atoms with Crippen molar-refractivity contribution in [3.8, 4) is 0 Å². The molecule has 0 saturated carbocycles. The Morgan fingerprint density at radius 2 is 2.19 bits per heavy atom. The van der Waals surface area contributed by atoms with Crippen molar-refractivity contribution in [2.45, 2.75) is 32.9 Å². The number of rotatable bonds is 4. The van der Waals surface area contributed by atoms with E-state index in [1.807, 2.05) is 26.3 Å². The molecule has 1 amide bonds. The standard InChI is InChI=1S/C11H19N3OS/c1-8-9(16-7-12-8)6-13-11(2,3)10(15)14(4)5/h7,13H,6H2,1-5H3. The minimum Gasteiger partial charge on any atom is -0.347 e. The summed E-state index contributed by atoms with van der Waals surface area (Å²) in [5.74, 6) is 0.0784. The van der Waals surface area contributed by atoms with E-state index in [1.165, 1.54) is 4.88 Å². The summed E-state index contributed by atoms with van der Waals surface area (Å²) >= 11 is 1.61. The molecule has 0 fully saturated rings. The number of carbonyl (C=O) groups excluding carboxylic acids is 1. The van der Waals surface area contributed by atoms with Gasteiger partial charge in [0.25, 0.3) is 0 Å². The van der Waals surface area contributed by atoms with E-state index >= 15 is 0 Å². The van der Waals surface area contributed by atoms with Crippen LogP contribution in [0.25, 0.3) is 0 Å².